The fourth-order valence-electron chi connectivity index (χ4n) is 7.17. The van der Waals surface area contributed by atoms with Crippen LogP contribution in [0.3, 0.4) is 0 Å². The van der Waals surface area contributed by atoms with Crippen LogP contribution in [0, 0.1) is 0 Å². The molecule has 8 heteroatoms. The van der Waals surface area contributed by atoms with Gasteiger partial charge in [0.25, 0.3) is 0 Å². The number of fused-ring (bicyclic) bond motifs is 9. The summed E-state index contributed by atoms with van der Waals surface area (Å²) >= 11 is 0. The average molecular weight is 579 g/mol. The minimum absolute atomic E-state index is 0.0574. The maximum absolute atomic E-state index is 4.87. The van der Waals surface area contributed by atoms with Crippen molar-refractivity contribution in [2.45, 2.75) is 5.92 Å². The van der Waals surface area contributed by atoms with Gasteiger partial charge in [0.15, 0.2) is 0 Å². The fourth-order valence-corrected chi connectivity index (χ4v) is 7.17. The van der Waals surface area contributed by atoms with E-state index in [1.54, 1.807) is 0 Å². The molecule has 0 N–H and O–H groups in total. The number of aromatic nitrogens is 8. The van der Waals surface area contributed by atoms with Gasteiger partial charge < -0.3 is 0 Å². The number of pyridine rings is 6. The molecular weight excluding hydrogens is 556 g/mol. The van der Waals surface area contributed by atoms with Crippen molar-refractivity contribution in [3.05, 3.63) is 145 Å². The number of hydrogen-bond donors (Lipinski definition) is 0. The summed E-state index contributed by atoms with van der Waals surface area (Å²) in [5.74, 6) is -0.0574. The SMILES string of the molecule is c1cnc2c(c1)C(c1cc(-n3c4ccncc4c4cccnc43)cc(-n3c4cccnc4c4cccnc43)c1)c1cnccc1-2. The van der Waals surface area contributed by atoms with Gasteiger partial charge in [0.2, 0.25) is 0 Å². The normalized spacial score (nSPS) is 14.0. The Hall–Kier alpha value is -6.28. The zero-order valence-corrected chi connectivity index (χ0v) is 23.8. The van der Waals surface area contributed by atoms with Crippen molar-refractivity contribution >= 4 is 44.0 Å². The summed E-state index contributed by atoms with van der Waals surface area (Å²) in [6, 6.07) is 27.3. The molecule has 0 fully saturated rings. The second kappa shape index (κ2) is 9.11. The maximum Gasteiger partial charge on any atom is 0.147 e. The number of hydrogen-bond acceptors (Lipinski definition) is 6. The van der Waals surface area contributed by atoms with Gasteiger partial charge >= 0.3 is 0 Å². The summed E-state index contributed by atoms with van der Waals surface area (Å²) in [5.41, 5.74) is 12.2. The van der Waals surface area contributed by atoms with Crippen LogP contribution in [0.25, 0.3) is 66.6 Å². The third kappa shape index (κ3) is 3.36. The fraction of sp³-hybridized carbons (Fsp3) is 0.0270. The number of rotatable bonds is 3. The van der Waals surface area contributed by atoms with Crippen LogP contribution in [0.15, 0.2) is 128 Å². The van der Waals surface area contributed by atoms with Crippen molar-refractivity contribution in [1.29, 1.82) is 0 Å². The predicted molar refractivity (Wildman–Crippen MR) is 175 cm³/mol. The Morgan fingerprint density at radius 2 is 1.20 bits per heavy atom. The van der Waals surface area contributed by atoms with E-state index < -0.39 is 0 Å². The molecule has 0 radical (unpaired) electrons. The molecule has 0 amide bonds. The third-order valence-electron chi connectivity index (χ3n) is 8.95. The number of nitrogens with zero attached hydrogens (tertiary/aromatic N) is 8. The minimum Gasteiger partial charge on any atom is -0.294 e. The Labute approximate surface area is 256 Å². The summed E-state index contributed by atoms with van der Waals surface area (Å²) in [6.45, 7) is 0. The Balaban J connectivity index is 1.34. The molecule has 9 aromatic rings. The predicted octanol–water partition coefficient (Wildman–Crippen LogP) is 7.41. The molecule has 1 unspecified atom stereocenters. The zero-order chi connectivity index (χ0) is 29.5. The molecule has 0 bridgehead atoms. The summed E-state index contributed by atoms with van der Waals surface area (Å²) < 4.78 is 4.46. The minimum atomic E-state index is -0.0574. The van der Waals surface area contributed by atoms with Gasteiger partial charge in [0.05, 0.1) is 33.6 Å². The van der Waals surface area contributed by atoms with Crippen molar-refractivity contribution in [3.8, 4) is 22.6 Å². The van der Waals surface area contributed by atoms with E-state index in [2.05, 4.69) is 73.7 Å². The molecule has 8 nitrogen and oxygen atoms in total. The van der Waals surface area contributed by atoms with E-state index >= 15 is 0 Å². The summed E-state index contributed by atoms with van der Waals surface area (Å²) in [5, 5.41) is 3.12. The summed E-state index contributed by atoms with van der Waals surface area (Å²) in [7, 11) is 0. The van der Waals surface area contributed by atoms with Crippen LogP contribution in [-0.4, -0.2) is 39.0 Å². The molecule has 10 rings (SSSR count). The Morgan fingerprint density at radius 1 is 0.511 bits per heavy atom. The van der Waals surface area contributed by atoms with Crippen molar-refractivity contribution in [1.82, 2.24) is 39.0 Å². The quantitative estimate of drug-likeness (QED) is 0.217. The Morgan fingerprint density at radius 3 is 2.09 bits per heavy atom. The van der Waals surface area contributed by atoms with E-state index in [1.807, 2.05) is 73.8 Å². The molecule has 1 aromatic carbocycles. The lowest BCUT2D eigenvalue weighted by Crippen LogP contribution is -2.06. The van der Waals surface area contributed by atoms with E-state index in [0.29, 0.717) is 0 Å². The average Bonchev–Trinajstić information content (AvgIpc) is 3.74. The molecule has 210 valence electrons. The van der Waals surface area contributed by atoms with Gasteiger partial charge in [-0.1, -0.05) is 6.07 Å². The molecule has 1 aliphatic rings. The zero-order valence-electron chi connectivity index (χ0n) is 23.8. The van der Waals surface area contributed by atoms with E-state index in [-0.39, 0.29) is 5.92 Å². The Kier molecular flexibility index (Phi) is 4.90. The first kappa shape index (κ1) is 24.2. The summed E-state index contributed by atoms with van der Waals surface area (Å²) in [4.78, 5) is 28.3. The van der Waals surface area contributed by atoms with Crippen LogP contribution in [0.1, 0.15) is 22.6 Å². The van der Waals surface area contributed by atoms with Crippen LogP contribution >= 0.6 is 0 Å². The second-order valence-electron chi connectivity index (χ2n) is 11.3. The first-order valence-electron chi connectivity index (χ1n) is 14.8. The highest BCUT2D eigenvalue weighted by molar-refractivity contribution is 6.08. The topological polar surface area (TPSA) is 87.2 Å². The highest BCUT2D eigenvalue weighted by atomic mass is 15.1. The van der Waals surface area contributed by atoms with Gasteiger partial charge in [-0.25, -0.2) is 9.97 Å². The molecule has 1 aliphatic carbocycles. The van der Waals surface area contributed by atoms with Crippen molar-refractivity contribution < 1.29 is 0 Å². The Bertz CT molecular complexity index is 2350. The van der Waals surface area contributed by atoms with Gasteiger partial charge in [-0.3, -0.25) is 29.1 Å². The first-order chi connectivity index (χ1) is 22.3. The molecule has 8 aromatic heterocycles. The van der Waals surface area contributed by atoms with Crippen molar-refractivity contribution in [2.75, 3.05) is 0 Å². The second-order valence-corrected chi connectivity index (χ2v) is 11.3. The van der Waals surface area contributed by atoms with Gasteiger partial charge in [-0.15, -0.1) is 0 Å². The molecular formula is C37H22N8. The molecule has 8 heterocycles. The lowest BCUT2D eigenvalue weighted by Gasteiger charge is -2.19. The van der Waals surface area contributed by atoms with Crippen LogP contribution in [0.2, 0.25) is 0 Å². The van der Waals surface area contributed by atoms with Crippen molar-refractivity contribution in [3.63, 3.8) is 0 Å². The monoisotopic (exact) mass is 578 g/mol. The molecule has 0 aliphatic heterocycles. The highest BCUT2D eigenvalue weighted by Gasteiger charge is 2.32. The standard InChI is InChI=1S/C37H22N8/c1-5-26-29-20-39-16-10-31(29)44(36(26)42-13-1)23-17-22(33-27-6-2-11-40-34(27)25-9-15-38-21-30(25)33)18-24(19-23)45-32-8-4-12-41-35(32)28-7-3-14-43-37(28)45/h1-21,33H. The van der Waals surface area contributed by atoms with Gasteiger partial charge in [-0.05, 0) is 89.5 Å². The molecule has 0 saturated heterocycles. The van der Waals surface area contributed by atoms with Crippen LogP contribution in [0.5, 0.6) is 0 Å². The van der Waals surface area contributed by atoms with E-state index in [9.17, 15) is 0 Å². The van der Waals surface area contributed by atoms with Crippen molar-refractivity contribution in [2.24, 2.45) is 0 Å². The first-order valence-corrected chi connectivity index (χ1v) is 14.8. The van der Waals surface area contributed by atoms with E-state index in [0.717, 1.165) is 83.3 Å². The lowest BCUT2D eigenvalue weighted by molar-refractivity contribution is 0.979. The third-order valence-corrected chi connectivity index (χ3v) is 8.95. The van der Waals surface area contributed by atoms with E-state index in [4.69, 9.17) is 19.9 Å². The highest BCUT2D eigenvalue weighted by Crippen LogP contribution is 2.47. The largest absolute Gasteiger partial charge is 0.294 e. The van der Waals surface area contributed by atoms with Gasteiger partial charge in [-0.2, -0.15) is 0 Å². The molecule has 0 spiro atoms. The molecule has 45 heavy (non-hydrogen) atoms. The van der Waals surface area contributed by atoms with Crippen LogP contribution in [-0.2, 0) is 0 Å². The molecule has 1 atom stereocenters. The van der Waals surface area contributed by atoms with Gasteiger partial charge in [0, 0.05) is 77.2 Å². The molecule has 0 saturated carbocycles. The van der Waals surface area contributed by atoms with E-state index in [1.165, 1.54) is 0 Å². The van der Waals surface area contributed by atoms with Crippen LogP contribution < -0.4 is 0 Å². The summed E-state index contributed by atoms with van der Waals surface area (Å²) in [6.07, 6.45) is 15.0. The smallest absolute Gasteiger partial charge is 0.147 e. The number of benzene rings is 1. The van der Waals surface area contributed by atoms with Crippen LogP contribution in [0.4, 0.5) is 0 Å². The van der Waals surface area contributed by atoms with Gasteiger partial charge in [0.1, 0.15) is 11.3 Å². The lowest BCUT2D eigenvalue weighted by atomic mass is 9.89. The maximum atomic E-state index is 4.87.